The van der Waals surface area contributed by atoms with Crippen LogP contribution in [-0.2, 0) is 0 Å². The lowest BCUT2D eigenvalue weighted by atomic mass is 10.3. The van der Waals surface area contributed by atoms with Crippen LogP contribution in [0.3, 0.4) is 0 Å². The average Bonchev–Trinajstić information content (AvgIpc) is 2.26. The molecule has 1 N–H and O–H groups in total. The van der Waals surface area contributed by atoms with Crippen LogP contribution < -0.4 is 17.7 Å². The summed E-state index contributed by atoms with van der Waals surface area (Å²) in [7, 11) is 8.07. The number of halogens is 1. The Balaban J connectivity index is 0.00000289. The average molecular weight is 269 g/mol. The second-order valence-electron chi connectivity index (χ2n) is 4.33. The molecule has 0 atom stereocenters. The topological polar surface area (TPSA) is 31.2 Å². The van der Waals surface area contributed by atoms with Crippen molar-refractivity contribution >= 4 is 12.0 Å². The summed E-state index contributed by atoms with van der Waals surface area (Å²) in [6.45, 7) is 0.757. The van der Waals surface area contributed by atoms with Gasteiger partial charge in [0.25, 0.3) is 0 Å². The zero-order valence-electron chi connectivity index (χ0n) is 11.4. The van der Waals surface area contributed by atoms with Crippen LogP contribution in [0.4, 0.5) is 5.82 Å². The van der Waals surface area contributed by atoms with Crippen molar-refractivity contribution in [2.24, 2.45) is 0 Å². The number of hydrogen-bond donors (Lipinski definition) is 1. The Morgan fingerprint density at radius 1 is 1.39 bits per heavy atom. The summed E-state index contributed by atoms with van der Waals surface area (Å²) >= 11 is 0. The Labute approximate surface area is 115 Å². The van der Waals surface area contributed by atoms with Gasteiger partial charge in [-0.2, -0.15) is 0 Å². The number of aromatic nitrogens is 1. The Morgan fingerprint density at radius 3 is 2.61 bits per heavy atom. The number of nitrogens with one attached hydrogen (secondary N) is 1. The first-order valence-corrected chi connectivity index (χ1v) is 5.61. The van der Waals surface area contributed by atoms with E-state index in [1.807, 2.05) is 55.9 Å². The summed E-state index contributed by atoms with van der Waals surface area (Å²) in [6.07, 6.45) is 5.97. The molecule has 0 saturated carbocycles. The molecule has 4 nitrogen and oxygen atoms in total. The van der Waals surface area contributed by atoms with E-state index in [-0.39, 0.29) is 12.4 Å². The summed E-state index contributed by atoms with van der Waals surface area (Å²) in [5, 5.41) is 3.29. The zero-order valence-corrected chi connectivity index (χ0v) is 12.1. The summed E-state index contributed by atoms with van der Waals surface area (Å²) in [4.78, 5) is 6.27. The van der Waals surface area contributed by atoms with Crippen LogP contribution in [0.25, 0.3) is 0 Å². The molecule has 18 heavy (non-hydrogen) atoms. The number of anilines is 1. The SMILES string of the molecule is CN(C)C=C(C=[N+](C)C)CNc1ccccn1.[Cl-]. The molecular formula is C13H21ClN4. The number of hydrogen-bond acceptors (Lipinski definition) is 3. The molecule has 5 heteroatoms. The lowest BCUT2D eigenvalue weighted by Crippen LogP contribution is -3.00. The molecule has 0 aliphatic carbocycles. The molecule has 0 aliphatic rings. The van der Waals surface area contributed by atoms with Gasteiger partial charge in [0.05, 0.1) is 5.57 Å². The fourth-order valence-corrected chi connectivity index (χ4v) is 1.45. The minimum absolute atomic E-state index is 0. The molecule has 1 rings (SSSR count). The Kier molecular flexibility index (Phi) is 7.79. The molecule has 1 heterocycles. The molecule has 0 aromatic carbocycles. The summed E-state index contributed by atoms with van der Waals surface area (Å²) in [6, 6.07) is 5.84. The van der Waals surface area contributed by atoms with Crippen molar-refractivity contribution in [1.29, 1.82) is 0 Å². The van der Waals surface area contributed by atoms with E-state index >= 15 is 0 Å². The van der Waals surface area contributed by atoms with E-state index in [0.29, 0.717) is 0 Å². The standard InChI is InChI=1S/C13H21N4.ClH/c1-16(2)10-12(11-17(3)4)9-15-13-7-5-6-8-14-13;/h5-8,10-11H,9H2,1-4H3,(H,14,15);1H/q+1;/p-1. The molecule has 1 aromatic heterocycles. The van der Waals surface area contributed by atoms with E-state index in [1.54, 1.807) is 6.20 Å². The van der Waals surface area contributed by atoms with E-state index in [2.05, 4.69) is 22.7 Å². The molecule has 1 aromatic rings. The third-order valence-corrected chi connectivity index (χ3v) is 1.99. The van der Waals surface area contributed by atoms with Gasteiger partial charge < -0.3 is 22.6 Å². The van der Waals surface area contributed by atoms with Crippen molar-refractivity contribution in [1.82, 2.24) is 9.88 Å². The Morgan fingerprint density at radius 2 is 2.11 bits per heavy atom. The molecular weight excluding hydrogens is 248 g/mol. The normalized spacial score (nSPS) is 10.3. The zero-order chi connectivity index (χ0) is 12.7. The molecule has 0 fully saturated rings. The van der Waals surface area contributed by atoms with Crippen LogP contribution in [0, 0.1) is 0 Å². The summed E-state index contributed by atoms with van der Waals surface area (Å²) < 4.78 is 2.04. The van der Waals surface area contributed by atoms with Crippen LogP contribution in [0.5, 0.6) is 0 Å². The quantitative estimate of drug-likeness (QED) is 0.510. The Bertz CT molecular complexity index is 395. The van der Waals surface area contributed by atoms with E-state index in [4.69, 9.17) is 0 Å². The molecule has 0 saturated heterocycles. The fourth-order valence-electron chi connectivity index (χ4n) is 1.45. The maximum absolute atomic E-state index is 4.23. The van der Waals surface area contributed by atoms with Gasteiger partial charge in [0, 0.05) is 33.0 Å². The third-order valence-electron chi connectivity index (χ3n) is 1.99. The van der Waals surface area contributed by atoms with Crippen molar-refractivity contribution < 1.29 is 17.0 Å². The summed E-state index contributed by atoms with van der Waals surface area (Å²) in [5.41, 5.74) is 1.20. The van der Waals surface area contributed by atoms with E-state index in [9.17, 15) is 0 Å². The molecule has 0 unspecified atom stereocenters. The molecule has 0 aliphatic heterocycles. The predicted octanol–water partition coefficient (Wildman–Crippen LogP) is -1.71. The van der Waals surface area contributed by atoms with Crippen molar-refractivity contribution in [3.05, 3.63) is 36.2 Å². The van der Waals surface area contributed by atoms with E-state index in [1.165, 1.54) is 5.57 Å². The first-order chi connectivity index (χ1) is 8.08. The van der Waals surface area contributed by atoms with Crippen LogP contribution in [0.1, 0.15) is 0 Å². The van der Waals surface area contributed by atoms with Gasteiger partial charge >= 0.3 is 0 Å². The van der Waals surface area contributed by atoms with Gasteiger partial charge in [-0.1, -0.05) is 6.07 Å². The van der Waals surface area contributed by atoms with Crippen molar-refractivity contribution in [2.45, 2.75) is 0 Å². The highest BCUT2D eigenvalue weighted by Crippen LogP contribution is 2.01. The lowest BCUT2D eigenvalue weighted by molar-refractivity contribution is -0.459. The van der Waals surface area contributed by atoms with Gasteiger partial charge in [0.15, 0.2) is 6.21 Å². The molecule has 0 radical (unpaired) electrons. The van der Waals surface area contributed by atoms with Gasteiger partial charge in [0.2, 0.25) is 0 Å². The maximum Gasteiger partial charge on any atom is 0.169 e. The lowest BCUT2D eigenvalue weighted by Gasteiger charge is -2.09. The van der Waals surface area contributed by atoms with Crippen LogP contribution in [0.15, 0.2) is 36.2 Å². The van der Waals surface area contributed by atoms with Gasteiger partial charge in [-0.15, -0.1) is 0 Å². The third kappa shape index (κ3) is 6.91. The smallest absolute Gasteiger partial charge is 0.169 e. The molecule has 0 amide bonds. The Hall–Kier alpha value is -1.55. The van der Waals surface area contributed by atoms with Crippen LogP contribution in [-0.4, -0.2) is 55.4 Å². The minimum Gasteiger partial charge on any atom is -1.00 e. The van der Waals surface area contributed by atoms with Crippen LogP contribution >= 0.6 is 0 Å². The maximum atomic E-state index is 4.23. The van der Waals surface area contributed by atoms with E-state index < -0.39 is 0 Å². The fraction of sp³-hybridized carbons (Fsp3) is 0.385. The first-order valence-electron chi connectivity index (χ1n) is 5.61. The molecule has 0 bridgehead atoms. The summed E-state index contributed by atoms with van der Waals surface area (Å²) in [5.74, 6) is 0.893. The van der Waals surface area contributed by atoms with Gasteiger partial charge in [-0.05, 0) is 12.1 Å². The molecule has 0 spiro atoms. The van der Waals surface area contributed by atoms with Crippen molar-refractivity contribution in [2.75, 3.05) is 40.1 Å². The second kappa shape index (κ2) is 8.53. The highest BCUT2D eigenvalue weighted by atomic mass is 35.5. The van der Waals surface area contributed by atoms with E-state index in [0.717, 1.165) is 12.4 Å². The van der Waals surface area contributed by atoms with Crippen molar-refractivity contribution in [3.63, 3.8) is 0 Å². The highest BCUT2D eigenvalue weighted by Gasteiger charge is 2.00. The minimum atomic E-state index is 0. The first kappa shape index (κ1) is 16.4. The number of rotatable bonds is 5. The number of pyridine rings is 1. The largest absolute Gasteiger partial charge is 1.00 e. The van der Waals surface area contributed by atoms with Gasteiger partial charge in [0.1, 0.15) is 19.9 Å². The predicted molar refractivity (Wildman–Crippen MR) is 72.7 cm³/mol. The van der Waals surface area contributed by atoms with Crippen molar-refractivity contribution in [3.8, 4) is 0 Å². The van der Waals surface area contributed by atoms with Crippen LogP contribution in [0.2, 0.25) is 0 Å². The monoisotopic (exact) mass is 268 g/mol. The van der Waals surface area contributed by atoms with Gasteiger partial charge in [-0.25, -0.2) is 9.56 Å². The number of nitrogens with zero attached hydrogens (tertiary/aromatic N) is 3. The molecule has 100 valence electrons. The second-order valence-corrected chi connectivity index (χ2v) is 4.33. The highest BCUT2D eigenvalue weighted by molar-refractivity contribution is 5.75. The van der Waals surface area contributed by atoms with Gasteiger partial charge in [-0.3, -0.25) is 0 Å².